The Morgan fingerprint density at radius 1 is 1.25 bits per heavy atom. The van der Waals surface area contributed by atoms with Gasteiger partial charge in [-0.1, -0.05) is 30.5 Å². The van der Waals surface area contributed by atoms with Gasteiger partial charge >= 0.3 is 5.97 Å². The summed E-state index contributed by atoms with van der Waals surface area (Å²) in [5, 5.41) is 23.8. The van der Waals surface area contributed by atoms with Crippen molar-refractivity contribution in [3.63, 3.8) is 0 Å². The molecule has 0 heterocycles. The highest BCUT2D eigenvalue weighted by Gasteiger charge is 2.63. The Morgan fingerprint density at radius 3 is 2.71 bits per heavy atom. The molecule has 0 amide bonds. The minimum Gasteiger partial charge on any atom is -0.479 e. The van der Waals surface area contributed by atoms with Gasteiger partial charge in [-0.25, -0.2) is 4.79 Å². The van der Waals surface area contributed by atoms with Crippen molar-refractivity contribution < 1.29 is 19.8 Å². The van der Waals surface area contributed by atoms with Crippen LogP contribution in [0.5, 0.6) is 0 Å². The van der Waals surface area contributed by atoms with Crippen molar-refractivity contribution in [2.24, 2.45) is 33.7 Å². The van der Waals surface area contributed by atoms with Crippen LogP contribution in [0.4, 0.5) is 0 Å². The molecule has 0 bridgehead atoms. The maximum atomic E-state index is 11.1. The fourth-order valence-electron chi connectivity index (χ4n) is 7.07. The maximum absolute atomic E-state index is 11.1. The number of aliphatic carboxylic acids is 1. The Balaban J connectivity index is 1.57. The fourth-order valence-corrected chi connectivity index (χ4v) is 7.07. The third kappa shape index (κ3) is 2.72. The molecule has 2 N–H and O–H groups in total. The first-order valence-electron chi connectivity index (χ1n) is 10.6. The van der Waals surface area contributed by atoms with Crippen LogP contribution in [0.3, 0.4) is 0 Å². The van der Waals surface area contributed by atoms with Crippen LogP contribution in [0.25, 0.3) is 0 Å². The minimum atomic E-state index is -1.01. The van der Waals surface area contributed by atoms with E-state index in [9.17, 15) is 9.90 Å². The molecular formula is C23H31NO4. The van der Waals surface area contributed by atoms with E-state index < -0.39 is 18.2 Å². The topological polar surface area (TPSA) is 79.1 Å². The molecule has 6 atom stereocenters. The number of rotatable bonds is 3. The van der Waals surface area contributed by atoms with Gasteiger partial charge in [-0.15, -0.1) is 6.42 Å². The molecule has 0 aromatic carbocycles. The summed E-state index contributed by atoms with van der Waals surface area (Å²) < 4.78 is 0. The largest absolute Gasteiger partial charge is 0.479 e. The van der Waals surface area contributed by atoms with E-state index in [1.165, 1.54) is 5.57 Å². The summed E-state index contributed by atoms with van der Waals surface area (Å²) >= 11 is 0. The standard InChI is InChI=1S/C23H31NO4/c1-4-23(27)12-9-19-17-6-5-15-13-16(24-28-14-20(25)26)7-10-21(15,2)18(17)8-11-22(19,23)3/h1,13,17-19,27H,5-12,14H2,2-3H3,(H,25,26)/t17-,18+,19+,21-,22-,23+/m0/s1. The molecule has 0 aromatic rings. The molecule has 3 saturated carbocycles. The lowest BCUT2D eigenvalue weighted by Crippen LogP contribution is -2.54. The van der Waals surface area contributed by atoms with E-state index >= 15 is 0 Å². The molecule has 0 unspecified atom stereocenters. The van der Waals surface area contributed by atoms with E-state index in [0.717, 1.165) is 57.1 Å². The van der Waals surface area contributed by atoms with E-state index in [0.29, 0.717) is 17.8 Å². The van der Waals surface area contributed by atoms with Crippen LogP contribution in [0.1, 0.15) is 65.2 Å². The van der Waals surface area contributed by atoms with Gasteiger partial charge in [0.2, 0.25) is 6.61 Å². The molecular weight excluding hydrogens is 354 g/mol. The van der Waals surface area contributed by atoms with Gasteiger partial charge in [-0.05, 0) is 80.6 Å². The number of fused-ring (bicyclic) bond motifs is 5. The fraction of sp³-hybridized carbons (Fsp3) is 0.739. The predicted molar refractivity (Wildman–Crippen MR) is 107 cm³/mol. The van der Waals surface area contributed by atoms with Crippen LogP contribution >= 0.6 is 0 Å². The van der Waals surface area contributed by atoms with E-state index in [2.05, 4.69) is 31.0 Å². The van der Waals surface area contributed by atoms with Crippen molar-refractivity contribution in [2.45, 2.75) is 70.8 Å². The lowest BCUT2D eigenvalue weighted by Gasteiger charge is -2.58. The Hall–Kier alpha value is -1.80. The second kappa shape index (κ2) is 6.62. The summed E-state index contributed by atoms with van der Waals surface area (Å²) in [6.45, 7) is 4.22. The first kappa shape index (κ1) is 19.5. The number of carboxylic acids is 1. The summed E-state index contributed by atoms with van der Waals surface area (Å²) in [6, 6.07) is 0. The number of carboxylic acid groups (broad SMARTS) is 1. The highest BCUT2D eigenvalue weighted by atomic mass is 16.6. The quantitative estimate of drug-likeness (QED) is 0.572. The Bertz CT molecular complexity index is 780. The molecule has 4 rings (SSSR count). The number of oxime groups is 1. The first-order valence-corrected chi connectivity index (χ1v) is 10.6. The Morgan fingerprint density at radius 2 is 2.00 bits per heavy atom. The normalized spacial score (nSPS) is 46.0. The second-order valence-corrected chi connectivity index (χ2v) is 9.75. The molecule has 0 saturated heterocycles. The number of allylic oxidation sites excluding steroid dienone is 2. The molecule has 4 aliphatic rings. The number of aliphatic hydroxyl groups is 1. The number of terminal acetylenes is 1. The van der Waals surface area contributed by atoms with Gasteiger partial charge in [0, 0.05) is 5.41 Å². The third-order valence-electron chi connectivity index (χ3n) is 8.74. The lowest BCUT2D eigenvalue weighted by molar-refractivity contribution is -0.142. The number of hydrogen-bond acceptors (Lipinski definition) is 4. The number of nitrogens with zero attached hydrogens (tertiary/aromatic N) is 1. The zero-order valence-corrected chi connectivity index (χ0v) is 16.9. The van der Waals surface area contributed by atoms with Crippen LogP contribution in [-0.4, -0.2) is 34.1 Å². The molecule has 152 valence electrons. The summed E-state index contributed by atoms with van der Waals surface area (Å²) in [7, 11) is 0. The van der Waals surface area contributed by atoms with Crippen molar-refractivity contribution in [1.82, 2.24) is 0 Å². The van der Waals surface area contributed by atoms with E-state index in [4.69, 9.17) is 16.4 Å². The van der Waals surface area contributed by atoms with Gasteiger partial charge in [0.25, 0.3) is 0 Å². The molecule has 5 nitrogen and oxygen atoms in total. The van der Waals surface area contributed by atoms with Gasteiger partial charge in [-0.3, -0.25) is 0 Å². The zero-order valence-electron chi connectivity index (χ0n) is 16.9. The molecule has 3 fully saturated rings. The van der Waals surface area contributed by atoms with Crippen LogP contribution < -0.4 is 0 Å². The molecule has 0 aliphatic heterocycles. The molecule has 28 heavy (non-hydrogen) atoms. The first-order chi connectivity index (χ1) is 13.2. The Kier molecular flexibility index (Phi) is 4.62. The van der Waals surface area contributed by atoms with Gasteiger partial charge in [0.1, 0.15) is 5.60 Å². The van der Waals surface area contributed by atoms with Gasteiger partial charge in [0.05, 0.1) is 5.71 Å². The van der Waals surface area contributed by atoms with Crippen molar-refractivity contribution in [1.29, 1.82) is 0 Å². The van der Waals surface area contributed by atoms with Crippen molar-refractivity contribution in [3.8, 4) is 12.3 Å². The smallest absolute Gasteiger partial charge is 0.344 e. The van der Waals surface area contributed by atoms with Crippen LogP contribution in [0.2, 0.25) is 0 Å². The second-order valence-electron chi connectivity index (χ2n) is 9.75. The van der Waals surface area contributed by atoms with E-state index in [1.807, 2.05) is 0 Å². The average molecular weight is 386 g/mol. The summed E-state index contributed by atoms with van der Waals surface area (Å²) in [4.78, 5) is 15.6. The SMILES string of the molecule is C#C[C@@]1(O)CC[C@@H]2[C@H]3CCC4=CC(=NOCC(=O)O)CC[C@]4(C)[C@@H]3CC[C@@]21C. The van der Waals surface area contributed by atoms with E-state index in [1.54, 1.807) is 0 Å². The molecule has 0 aromatic heterocycles. The molecule has 0 radical (unpaired) electrons. The zero-order chi connectivity index (χ0) is 20.2. The summed E-state index contributed by atoms with van der Waals surface area (Å²) in [5.41, 5.74) is 1.34. The monoisotopic (exact) mass is 385 g/mol. The van der Waals surface area contributed by atoms with Gasteiger partial charge < -0.3 is 15.1 Å². The van der Waals surface area contributed by atoms with Gasteiger partial charge in [-0.2, -0.15) is 0 Å². The predicted octanol–water partition coefficient (Wildman–Crippen LogP) is 3.77. The van der Waals surface area contributed by atoms with E-state index in [-0.39, 0.29) is 10.8 Å². The highest BCUT2D eigenvalue weighted by molar-refractivity contribution is 5.96. The lowest BCUT2D eigenvalue weighted by atomic mass is 9.46. The maximum Gasteiger partial charge on any atom is 0.344 e. The highest BCUT2D eigenvalue weighted by Crippen LogP contribution is 2.67. The van der Waals surface area contributed by atoms with Crippen LogP contribution in [0, 0.1) is 40.9 Å². The van der Waals surface area contributed by atoms with Crippen molar-refractivity contribution >= 4 is 11.7 Å². The third-order valence-corrected chi connectivity index (χ3v) is 8.74. The molecule has 4 aliphatic carbocycles. The van der Waals surface area contributed by atoms with Crippen LogP contribution in [-0.2, 0) is 9.63 Å². The number of carbonyl (C=O) groups is 1. The minimum absolute atomic E-state index is 0.160. The Labute approximate surface area is 167 Å². The average Bonchev–Trinajstić information content (AvgIpc) is 2.93. The molecule has 0 spiro atoms. The summed E-state index contributed by atoms with van der Waals surface area (Å²) in [6.07, 6.45) is 15.8. The summed E-state index contributed by atoms with van der Waals surface area (Å²) in [5.74, 6) is 3.47. The molecule has 5 heteroatoms. The van der Waals surface area contributed by atoms with Crippen molar-refractivity contribution in [3.05, 3.63) is 11.6 Å². The van der Waals surface area contributed by atoms with Crippen LogP contribution in [0.15, 0.2) is 16.8 Å². The van der Waals surface area contributed by atoms with Gasteiger partial charge in [0.15, 0.2) is 0 Å². The number of hydrogen-bond donors (Lipinski definition) is 2. The van der Waals surface area contributed by atoms with Crippen molar-refractivity contribution in [2.75, 3.05) is 6.61 Å².